The molecule has 0 radical (unpaired) electrons. The van der Waals surface area contributed by atoms with Crippen LogP contribution >= 0.6 is 0 Å². The average molecular weight is 448 g/mol. The van der Waals surface area contributed by atoms with Crippen LogP contribution < -0.4 is 5.32 Å². The summed E-state index contributed by atoms with van der Waals surface area (Å²) in [4.78, 5) is 25.8. The molecule has 8 heteroatoms. The smallest absolute Gasteiger partial charge is 0.251 e. The van der Waals surface area contributed by atoms with Crippen LogP contribution in [0.15, 0.2) is 29.2 Å². The molecular weight excluding hydrogens is 414 g/mol. The molecule has 31 heavy (non-hydrogen) atoms. The number of carbonyl (C=O) groups excluding carboxylic acids is 2. The summed E-state index contributed by atoms with van der Waals surface area (Å²) >= 11 is 0. The monoisotopic (exact) mass is 447 g/mol. The van der Waals surface area contributed by atoms with Crippen molar-refractivity contribution in [3.05, 3.63) is 29.8 Å². The van der Waals surface area contributed by atoms with Crippen LogP contribution in [-0.2, 0) is 14.8 Å². The molecule has 1 N–H and O–H groups in total. The molecule has 1 aromatic carbocycles. The Labute approximate surface area is 185 Å². The van der Waals surface area contributed by atoms with E-state index in [1.165, 1.54) is 61.9 Å². The third kappa shape index (κ3) is 5.12. The molecule has 0 bridgehead atoms. The Kier molecular flexibility index (Phi) is 6.67. The van der Waals surface area contributed by atoms with Crippen molar-refractivity contribution < 1.29 is 18.0 Å². The molecule has 0 unspecified atom stereocenters. The van der Waals surface area contributed by atoms with E-state index in [0.717, 1.165) is 11.8 Å². The summed E-state index contributed by atoms with van der Waals surface area (Å²) in [5, 5.41) is 3.03. The maximum Gasteiger partial charge on any atom is 0.251 e. The van der Waals surface area contributed by atoms with E-state index in [0.29, 0.717) is 31.1 Å². The van der Waals surface area contributed by atoms with Crippen LogP contribution in [0.1, 0.15) is 55.8 Å². The normalized spacial score (nSPS) is 25.3. The van der Waals surface area contributed by atoms with Crippen LogP contribution in [0, 0.1) is 17.8 Å². The zero-order chi connectivity index (χ0) is 22.0. The lowest BCUT2D eigenvalue weighted by atomic mass is 9.85. The summed E-state index contributed by atoms with van der Waals surface area (Å²) < 4.78 is 27.2. The Balaban J connectivity index is 1.28. The van der Waals surface area contributed by atoms with Crippen LogP contribution in [0.5, 0.6) is 0 Å². The van der Waals surface area contributed by atoms with Gasteiger partial charge < -0.3 is 10.2 Å². The van der Waals surface area contributed by atoms with Crippen LogP contribution in [0.3, 0.4) is 0 Å². The van der Waals surface area contributed by atoms with Gasteiger partial charge in [-0.2, -0.15) is 4.31 Å². The van der Waals surface area contributed by atoms with Crippen molar-refractivity contribution in [3.63, 3.8) is 0 Å². The van der Waals surface area contributed by atoms with Crippen molar-refractivity contribution in [2.45, 2.75) is 50.3 Å². The van der Waals surface area contributed by atoms with Gasteiger partial charge in [-0.15, -0.1) is 0 Å². The Morgan fingerprint density at radius 2 is 1.65 bits per heavy atom. The molecule has 0 spiro atoms. The number of hydrogen-bond acceptors (Lipinski definition) is 4. The molecule has 1 heterocycles. The molecule has 3 fully saturated rings. The molecule has 170 valence electrons. The highest BCUT2D eigenvalue weighted by Crippen LogP contribution is 2.48. The van der Waals surface area contributed by atoms with Crippen molar-refractivity contribution in [3.8, 4) is 0 Å². The fraction of sp³-hybridized carbons (Fsp3) is 0.652. The van der Waals surface area contributed by atoms with Crippen molar-refractivity contribution in [2.24, 2.45) is 17.8 Å². The van der Waals surface area contributed by atoms with Gasteiger partial charge in [0.15, 0.2) is 0 Å². The van der Waals surface area contributed by atoms with Gasteiger partial charge in [0.1, 0.15) is 0 Å². The first-order valence-electron chi connectivity index (χ1n) is 11.5. The fourth-order valence-electron chi connectivity index (χ4n) is 5.14. The molecule has 2 saturated carbocycles. The van der Waals surface area contributed by atoms with Crippen molar-refractivity contribution in [1.82, 2.24) is 14.5 Å². The largest absolute Gasteiger partial charge is 0.352 e. The van der Waals surface area contributed by atoms with E-state index in [1.54, 1.807) is 17.0 Å². The number of sulfonamides is 1. The average Bonchev–Trinajstić information content (AvgIpc) is 3.58. The van der Waals surface area contributed by atoms with E-state index in [9.17, 15) is 18.0 Å². The summed E-state index contributed by atoms with van der Waals surface area (Å²) in [6.07, 6.45) is 7.97. The predicted octanol–water partition coefficient (Wildman–Crippen LogP) is 2.49. The van der Waals surface area contributed by atoms with Crippen molar-refractivity contribution in [1.29, 1.82) is 0 Å². The van der Waals surface area contributed by atoms with Crippen LogP contribution in [0.4, 0.5) is 0 Å². The van der Waals surface area contributed by atoms with E-state index in [4.69, 9.17) is 0 Å². The Hall–Kier alpha value is -1.93. The topological polar surface area (TPSA) is 86.8 Å². The second kappa shape index (κ2) is 9.28. The lowest BCUT2D eigenvalue weighted by Crippen LogP contribution is -2.49. The van der Waals surface area contributed by atoms with Crippen molar-refractivity contribution in [2.75, 3.05) is 32.7 Å². The first kappa shape index (κ1) is 22.3. The zero-order valence-electron chi connectivity index (χ0n) is 18.3. The van der Waals surface area contributed by atoms with E-state index < -0.39 is 10.0 Å². The number of benzene rings is 1. The molecular formula is C23H33N3O4S. The van der Waals surface area contributed by atoms with Gasteiger partial charge in [-0.3, -0.25) is 9.59 Å². The molecule has 2 aliphatic carbocycles. The van der Waals surface area contributed by atoms with Gasteiger partial charge in [0.25, 0.3) is 5.91 Å². The molecule has 2 amide bonds. The lowest BCUT2D eigenvalue weighted by Gasteiger charge is -2.33. The second-order valence-corrected chi connectivity index (χ2v) is 11.1. The highest BCUT2D eigenvalue weighted by atomic mass is 32.2. The number of rotatable bonds is 6. The minimum atomic E-state index is -3.63. The molecule has 1 aromatic rings. The maximum absolute atomic E-state index is 12.9. The molecule has 7 nitrogen and oxygen atoms in total. The summed E-state index contributed by atoms with van der Waals surface area (Å²) in [6, 6.07) is 6.17. The standard InChI is InChI=1S/C23H33N3O4S/c1-17(27)25-11-13-26(14-12-25)31(29,30)21-9-7-19(8-10-21)23(28)24-16-20-15-22(20)18-5-3-2-4-6-18/h7-10,18,20,22H,2-6,11-16H2,1H3,(H,24,28)/t20-,22-/m0/s1. The Morgan fingerprint density at radius 3 is 2.26 bits per heavy atom. The number of hydrogen-bond donors (Lipinski definition) is 1. The SMILES string of the molecule is CC(=O)N1CCN(S(=O)(=O)c2ccc(C(=O)NC[C@@H]3C[C@H]3C3CCCCC3)cc2)CC1. The summed E-state index contributed by atoms with van der Waals surface area (Å²) in [5.74, 6) is 2.03. The van der Waals surface area contributed by atoms with Gasteiger partial charge in [-0.1, -0.05) is 32.1 Å². The molecule has 1 aliphatic heterocycles. The van der Waals surface area contributed by atoms with E-state index in [2.05, 4.69) is 5.32 Å². The van der Waals surface area contributed by atoms with Crippen LogP contribution in [0.2, 0.25) is 0 Å². The van der Waals surface area contributed by atoms with Crippen molar-refractivity contribution >= 4 is 21.8 Å². The zero-order valence-corrected chi connectivity index (χ0v) is 19.1. The molecule has 1 saturated heterocycles. The highest BCUT2D eigenvalue weighted by molar-refractivity contribution is 7.89. The molecule has 0 aromatic heterocycles. The number of nitrogens with one attached hydrogen (secondary N) is 1. The second-order valence-electron chi connectivity index (χ2n) is 9.20. The number of carbonyl (C=O) groups is 2. The minimum Gasteiger partial charge on any atom is -0.352 e. The van der Waals surface area contributed by atoms with Crippen LogP contribution in [-0.4, -0.2) is 62.2 Å². The third-order valence-electron chi connectivity index (χ3n) is 7.20. The fourth-order valence-corrected chi connectivity index (χ4v) is 6.56. The lowest BCUT2D eigenvalue weighted by molar-refractivity contribution is -0.129. The third-order valence-corrected chi connectivity index (χ3v) is 9.11. The summed E-state index contributed by atoms with van der Waals surface area (Å²) in [7, 11) is -3.63. The first-order chi connectivity index (χ1) is 14.9. The summed E-state index contributed by atoms with van der Waals surface area (Å²) in [5.41, 5.74) is 0.482. The van der Waals surface area contributed by atoms with Gasteiger partial charge in [-0.25, -0.2) is 8.42 Å². The number of amides is 2. The van der Waals surface area contributed by atoms with Crippen LogP contribution in [0.25, 0.3) is 0 Å². The molecule has 4 rings (SSSR count). The Bertz CT molecular complexity index is 901. The van der Waals surface area contributed by atoms with E-state index in [1.807, 2.05) is 0 Å². The van der Waals surface area contributed by atoms with Gasteiger partial charge in [0.05, 0.1) is 4.90 Å². The number of nitrogens with zero attached hydrogens (tertiary/aromatic N) is 2. The predicted molar refractivity (Wildman–Crippen MR) is 118 cm³/mol. The maximum atomic E-state index is 12.9. The molecule has 2 atom stereocenters. The van der Waals surface area contributed by atoms with Gasteiger partial charge in [-0.05, 0) is 48.4 Å². The highest BCUT2D eigenvalue weighted by Gasteiger charge is 2.42. The molecule has 3 aliphatic rings. The van der Waals surface area contributed by atoms with Gasteiger partial charge in [0.2, 0.25) is 15.9 Å². The van der Waals surface area contributed by atoms with E-state index in [-0.39, 0.29) is 29.8 Å². The minimum absolute atomic E-state index is 0.0383. The quantitative estimate of drug-likeness (QED) is 0.726. The summed E-state index contributed by atoms with van der Waals surface area (Å²) in [6.45, 7) is 3.57. The Morgan fingerprint density at radius 1 is 1.00 bits per heavy atom. The van der Waals surface area contributed by atoms with Gasteiger partial charge in [0, 0.05) is 45.2 Å². The first-order valence-corrected chi connectivity index (χ1v) is 12.9. The van der Waals surface area contributed by atoms with Gasteiger partial charge >= 0.3 is 0 Å². The van der Waals surface area contributed by atoms with E-state index >= 15 is 0 Å². The number of piperazine rings is 1.